The van der Waals surface area contributed by atoms with Crippen LogP contribution in [0.15, 0.2) is 42.9 Å². The third kappa shape index (κ3) is 6.28. The van der Waals surface area contributed by atoms with Crippen LogP contribution in [0.4, 0.5) is 5.82 Å². The van der Waals surface area contributed by atoms with Gasteiger partial charge in [-0.25, -0.2) is 15.1 Å². The lowest BCUT2D eigenvalue weighted by molar-refractivity contribution is 0.101. The van der Waals surface area contributed by atoms with Crippen LogP contribution in [0.2, 0.25) is 5.02 Å². The molecule has 2 aromatic heterocycles. The number of aliphatic hydroxyl groups excluding tert-OH is 1. The Hall–Kier alpha value is -2.41. The molecule has 1 unspecified atom stereocenters. The van der Waals surface area contributed by atoms with Crippen LogP contribution < -0.4 is 10.5 Å². The fourth-order valence-corrected chi connectivity index (χ4v) is 6.15. The molecule has 3 aromatic rings. The van der Waals surface area contributed by atoms with E-state index in [1.165, 1.54) is 23.9 Å². The number of hydrogen-bond acceptors (Lipinski definition) is 9. The van der Waals surface area contributed by atoms with E-state index in [1.807, 2.05) is 37.3 Å². The van der Waals surface area contributed by atoms with Crippen LogP contribution in [0, 0.1) is 12.8 Å². The number of nitrogens with one attached hydrogen (secondary N) is 1. The first-order valence-electron chi connectivity index (χ1n) is 11.3. The van der Waals surface area contributed by atoms with Crippen molar-refractivity contribution in [1.82, 2.24) is 9.97 Å². The van der Waals surface area contributed by atoms with Crippen molar-refractivity contribution >= 4 is 44.8 Å². The minimum absolute atomic E-state index is 0.0579. The van der Waals surface area contributed by atoms with E-state index in [0.29, 0.717) is 34.1 Å². The summed E-state index contributed by atoms with van der Waals surface area (Å²) < 4.78 is 26.8. The molecule has 1 aliphatic carbocycles. The molecule has 0 spiro atoms. The van der Waals surface area contributed by atoms with E-state index < -0.39 is 22.3 Å². The monoisotopic (exact) mass is 550 g/mol. The largest absolute Gasteiger partial charge is 0.393 e. The van der Waals surface area contributed by atoms with Crippen molar-refractivity contribution in [2.75, 3.05) is 11.9 Å². The lowest BCUT2D eigenvalue weighted by atomic mass is 9.93. The molecule has 4 N–H and O–H groups in total. The van der Waals surface area contributed by atoms with Crippen LogP contribution >= 0.6 is 22.9 Å². The lowest BCUT2D eigenvalue weighted by Gasteiger charge is -2.15. The topological polar surface area (TPSA) is 144 Å². The fourth-order valence-electron chi connectivity index (χ4n) is 4.51. The predicted octanol–water partition coefficient (Wildman–Crippen LogP) is 3.65. The highest BCUT2D eigenvalue weighted by Crippen LogP contribution is 2.35. The maximum atomic E-state index is 13.5. The second-order valence-corrected chi connectivity index (χ2v) is 11.8. The van der Waals surface area contributed by atoms with E-state index in [9.17, 15) is 18.3 Å². The molecule has 0 amide bonds. The van der Waals surface area contributed by atoms with Crippen LogP contribution in [0.5, 0.6) is 0 Å². The molecule has 1 fully saturated rings. The Kier molecular flexibility index (Phi) is 8.08. The van der Waals surface area contributed by atoms with Gasteiger partial charge < -0.3 is 10.4 Å². The van der Waals surface area contributed by atoms with Crippen LogP contribution in [0.3, 0.4) is 0 Å². The van der Waals surface area contributed by atoms with Crippen molar-refractivity contribution < 1.29 is 22.5 Å². The molecule has 4 rings (SSSR count). The van der Waals surface area contributed by atoms with Crippen molar-refractivity contribution in [3.63, 3.8) is 0 Å². The maximum absolute atomic E-state index is 13.5. The SMILES string of the molecule is Cc1sc(C(=O)c2cncnc2N[C@@H]2C[C@H](COS(N)(=O)=O)[C@@H](O)C2)cc1C(C)c1cccc(Cl)c1. The number of nitrogens with zero attached hydrogens (tertiary/aromatic N) is 2. The van der Waals surface area contributed by atoms with Gasteiger partial charge in [0, 0.05) is 34.0 Å². The number of aliphatic hydroxyl groups is 1. The normalized spacial score (nSPS) is 20.9. The maximum Gasteiger partial charge on any atom is 0.333 e. The van der Waals surface area contributed by atoms with Gasteiger partial charge in [0.25, 0.3) is 0 Å². The summed E-state index contributed by atoms with van der Waals surface area (Å²) in [5.41, 5.74) is 2.43. The van der Waals surface area contributed by atoms with Gasteiger partial charge in [-0.05, 0) is 49.1 Å². The molecule has 36 heavy (non-hydrogen) atoms. The lowest BCUT2D eigenvalue weighted by Crippen LogP contribution is -2.24. The van der Waals surface area contributed by atoms with Gasteiger partial charge in [0.1, 0.15) is 12.1 Å². The van der Waals surface area contributed by atoms with Crippen molar-refractivity contribution in [3.05, 3.63) is 74.3 Å². The minimum atomic E-state index is -4.09. The van der Waals surface area contributed by atoms with E-state index in [0.717, 1.165) is 16.0 Å². The van der Waals surface area contributed by atoms with E-state index in [2.05, 4.69) is 26.4 Å². The number of nitrogens with two attached hydrogens (primary N) is 1. The van der Waals surface area contributed by atoms with E-state index in [4.69, 9.17) is 16.7 Å². The molecule has 1 aromatic carbocycles. The number of carbonyl (C=O) groups excluding carboxylic acids is 1. The molecule has 1 saturated carbocycles. The van der Waals surface area contributed by atoms with Gasteiger partial charge in [-0.15, -0.1) is 11.3 Å². The van der Waals surface area contributed by atoms with Gasteiger partial charge in [-0.3, -0.25) is 8.98 Å². The first-order valence-corrected chi connectivity index (χ1v) is 14.0. The number of ketones is 1. The van der Waals surface area contributed by atoms with Crippen molar-refractivity contribution in [3.8, 4) is 0 Å². The minimum Gasteiger partial charge on any atom is -0.393 e. The molecule has 12 heteroatoms. The number of thiophene rings is 1. The number of anilines is 1. The number of benzene rings is 1. The first-order chi connectivity index (χ1) is 17.0. The molecule has 1 aliphatic rings. The summed E-state index contributed by atoms with van der Waals surface area (Å²) in [7, 11) is -4.09. The third-order valence-electron chi connectivity index (χ3n) is 6.40. The van der Waals surface area contributed by atoms with Gasteiger partial charge in [0.2, 0.25) is 5.78 Å². The number of carbonyl (C=O) groups is 1. The number of aryl methyl sites for hydroxylation is 1. The molecular formula is C24H27ClN4O5S2. The van der Waals surface area contributed by atoms with E-state index in [-0.39, 0.29) is 24.3 Å². The molecule has 0 radical (unpaired) electrons. The van der Waals surface area contributed by atoms with Crippen molar-refractivity contribution in [2.24, 2.45) is 11.1 Å². The first kappa shape index (κ1) is 26.6. The van der Waals surface area contributed by atoms with Gasteiger partial charge in [-0.1, -0.05) is 30.7 Å². The molecule has 0 saturated heterocycles. The summed E-state index contributed by atoms with van der Waals surface area (Å²) in [6.07, 6.45) is 2.81. The third-order valence-corrected chi connectivity index (χ3v) is 8.16. The summed E-state index contributed by atoms with van der Waals surface area (Å²) in [4.78, 5) is 23.4. The van der Waals surface area contributed by atoms with Crippen LogP contribution in [0.1, 0.15) is 56.9 Å². The highest BCUT2D eigenvalue weighted by atomic mass is 35.5. The number of aromatic nitrogens is 2. The molecule has 192 valence electrons. The van der Waals surface area contributed by atoms with Crippen LogP contribution in [0.25, 0.3) is 0 Å². The summed E-state index contributed by atoms with van der Waals surface area (Å²) in [5, 5.41) is 19.1. The molecule has 2 heterocycles. The number of halogens is 1. The van der Waals surface area contributed by atoms with E-state index >= 15 is 0 Å². The van der Waals surface area contributed by atoms with E-state index in [1.54, 1.807) is 0 Å². The molecular weight excluding hydrogens is 524 g/mol. The zero-order chi connectivity index (χ0) is 26.0. The van der Waals surface area contributed by atoms with Gasteiger partial charge >= 0.3 is 10.3 Å². The number of hydrogen-bond donors (Lipinski definition) is 3. The van der Waals surface area contributed by atoms with Gasteiger partial charge in [-0.2, -0.15) is 8.42 Å². The van der Waals surface area contributed by atoms with Crippen LogP contribution in [-0.2, 0) is 14.5 Å². The Bertz CT molecular complexity index is 1360. The van der Waals surface area contributed by atoms with Gasteiger partial charge in [0.15, 0.2) is 0 Å². The fraction of sp³-hybridized carbons (Fsp3) is 0.375. The average Bonchev–Trinajstić information content (AvgIpc) is 3.38. The van der Waals surface area contributed by atoms with Gasteiger partial charge in [0.05, 0.1) is 23.2 Å². The zero-order valence-electron chi connectivity index (χ0n) is 19.7. The average molecular weight is 551 g/mol. The predicted molar refractivity (Wildman–Crippen MR) is 139 cm³/mol. The van der Waals surface area contributed by atoms with Crippen molar-refractivity contribution in [1.29, 1.82) is 0 Å². The second kappa shape index (κ2) is 10.9. The Balaban J connectivity index is 1.51. The Labute approximate surface area is 219 Å². The summed E-state index contributed by atoms with van der Waals surface area (Å²) in [5.74, 6) is -0.209. The Morgan fingerprint density at radius 2 is 2.14 bits per heavy atom. The Morgan fingerprint density at radius 1 is 1.36 bits per heavy atom. The van der Waals surface area contributed by atoms with Crippen molar-refractivity contribution in [2.45, 2.75) is 44.8 Å². The molecule has 0 bridgehead atoms. The summed E-state index contributed by atoms with van der Waals surface area (Å²) in [6.45, 7) is 3.85. The molecule has 4 atom stereocenters. The molecule has 0 aliphatic heterocycles. The van der Waals surface area contributed by atoms with Crippen LogP contribution in [-0.4, -0.2) is 48.0 Å². The second-order valence-electron chi connectivity index (χ2n) is 8.93. The zero-order valence-corrected chi connectivity index (χ0v) is 22.1. The highest BCUT2D eigenvalue weighted by Gasteiger charge is 2.35. The summed E-state index contributed by atoms with van der Waals surface area (Å²) >= 11 is 7.58. The summed E-state index contributed by atoms with van der Waals surface area (Å²) in [6, 6.07) is 9.35. The smallest absolute Gasteiger partial charge is 0.333 e. The standard InChI is InChI=1S/C24H27ClN4O5S2/c1-13(15-4-3-5-17(25)6-15)19-9-22(35-14(19)2)23(31)20-10-27-12-28-24(20)29-18-7-16(21(30)8-18)11-34-36(26,32)33/h3-6,9-10,12-13,16,18,21,30H,7-8,11H2,1-2H3,(H2,26,32,33)(H,27,28,29)/t13?,16-,18-,21+/m1/s1. The quantitative estimate of drug-likeness (QED) is 0.342. The Morgan fingerprint density at radius 3 is 2.86 bits per heavy atom. The molecule has 9 nitrogen and oxygen atoms in total. The number of rotatable bonds is 9. The highest BCUT2D eigenvalue weighted by molar-refractivity contribution is 7.84.